The van der Waals surface area contributed by atoms with Crippen LogP contribution in [0.4, 0.5) is 0 Å². The predicted molar refractivity (Wildman–Crippen MR) is 105 cm³/mol. The van der Waals surface area contributed by atoms with Gasteiger partial charge in [-0.3, -0.25) is 0 Å². The van der Waals surface area contributed by atoms with Gasteiger partial charge in [0.1, 0.15) is 0 Å². The zero-order chi connectivity index (χ0) is 13.7. The Morgan fingerprint density at radius 3 is 0.500 bits per heavy atom. The summed E-state index contributed by atoms with van der Waals surface area (Å²) in [6.45, 7) is 0.735. The monoisotopic (exact) mass is 380 g/mol. The topological polar surface area (TPSA) is 80.9 Å². The summed E-state index contributed by atoms with van der Waals surface area (Å²) in [7, 11) is 0. The molecule has 0 rings (SSSR count). The molecule has 18 heavy (non-hydrogen) atoms. The number of thiol groups is 4. The van der Waals surface area contributed by atoms with Crippen LogP contribution in [0.5, 0.6) is 0 Å². The quantitative estimate of drug-likeness (QED) is 0.327. The van der Waals surface area contributed by atoms with Crippen LogP contribution in [0.1, 0.15) is 0 Å². The van der Waals surface area contributed by atoms with Gasteiger partial charge in [0.25, 0.3) is 0 Å². The number of hydrogen-bond donors (Lipinski definition) is 8. The van der Waals surface area contributed by atoms with E-state index in [9.17, 15) is 0 Å². The summed E-state index contributed by atoms with van der Waals surface area (Å²) in [4.78, 5) is 0. The van der Waals surface area contributed by atoms with E-state index in [2.05, 4.69) is 50.5 Å². The second-order valence-electron chi connectivity index (χ2n) is 1.79. The van der Waals surface area contributed by atoms with Crippen molar-refractivity contribution in [3.05, 3.63) is 0 Å². The Bertz CT molecular complexity index is 51.5. The van der Waals surface area contributed by atoms with Gasteiger partial charge < -0.3 is 20.4 Å². The zero-order valence-electron chi connectivity index (χ0n) is 10.2. The molecule has 0 spiro atoms. The summed E-state index contributed by atoms with van der Waals surface area (Å²) in [6.07, 6.45) is 0. The molecule has 0 aromatic carbocycles. The van der Waals surface area contributed by atoms with Crippen molar-refractivity contribution >= 4 is 77.5 Å². The van der Waals surface area contributed by atoms with E-state index in [0.29, 0.717) is 23.0 Å². The van der Waals surface area contributed by atoms with Gasteiger partial charge in [-0.25, -0.2) is 0 Å². The van der Waals surface area contributed by atoms with Crippen LogP contribution >= 0.6 is 77.5 Å². The number of rotatable bonds is 4. The molecular formula is C8H28O4S6. The van der Waals surface area contributed by atoms with Crippen LogP contribution in [0, 0.1) is 0 Å². The molecule has 0 heterocycles. The van der Waals surface area contributed by atoms with Crippen LogP contribution in [0.3, 0.4) is 0 Å². The van der Waals surface area contributed by atoms with Crippen molar-refractivity contribution in [1.82, 2.24) is 0 Å². The smallest absolute Gasteiger partial charge is 0.0519 e. The van der Waals surface area contributed by atoms with Gasteiger partial charge in [0, 0.05) is 23.0 Å². The Balaban J connectivity index is -0.0000000257. The fourth-order valence-corrected chi connectivity index (χ4v) is 0. The fourth-order valence-electron chi connectivity index (χ4n) is 0. The van der Waals surface area contributed by atoms with E-state index in [1.54, 1.807) is 0 Å². The third-order valence-corrected chi connectivity index (χ3v) is 1.20. The Morgan fingerprint density at radius 2 is 0.500 bits per heavy atom. The minimum Gasteiger partial charge on any atom is -0.396 e. The molecule has 0 fully saturated rings. The van der Waals surface area contributed by atoms with Crippen LogP contribution < -0.4 is 0 Å². The van der Waals surface area contributed by atoms with E-state index in [1.807, 2.05) is 0 Å². The highest BCUT2D eigenvalue weighted by atomic mass is 32.1. The van der Waals surface area contributed by atoms with Crippen molar-refractivity contribution < 1.29 is 20.4 Å². The average molecular weight is 381 g/mol. The van der Waals surface area contributed by atoms with E-state index in [4.69, 9.17) is 20.4 Å². The van der Waals surface area contributed by atoms with Crippen molar-refractivity contribution in [2.24, 2.45) is 0 Å². The molecular weight excluding hydrogens is 352 g/mol. The van der Waals surface area contributed by atoms with Crippen molar-refractivity contribution in [2.75, 3.05) is 49.4 Å². The van der Waals surface area contributed by atoms with Crippen LogP contribution in [-0.2, 0) is 0 Å². The lowest BCUT2D eigenvalue weighted by molar-refractivity contribution is 0.322. The molecule has 0 saturated heterocycles. The summed E-state index contributed by atoms with van der Waals surface area (Å²) in [5.41, 5.74) is 0. The molecule has 10 heteroatoms. The maximum absolute atomic E-state index is 7.80. The molecule has 0 radical (unpaired) electrons. The highest BCUT2D eigenvalue weighted by molar-refractivity contribution is 7.80. The van der Waals surface area contributed by atoms with Gasteiger partial charge in [-0.2, -0.15) is 77.5 Å². The van der Waals surface area contributed by atoms with Crippen LogP contribution in [-0.4, -0.2) is 69.9 Å². The van der Waals surface area contributed by atoms with E-state index < -0.39 is 0 Å². The number of aliphatic hydroxyl groups excluding tert-OH is 4. The zero-order valence-corrected chi connectivity index (χ0v) is 15.8. The molecule has 0 saturated carbocycles. The lowest BCUT2D eigenvalue weighted by Crippen LogP contribution is -1.76. The minimum absolute atomic E-state index is 0. The molecule has 0 aliphatic rings. The molecule has 0 unspecified atom stereocenters. The van der Waals surface area contributed by atoms with Crippen LogP contribution in [0.2, 0.25) is 0 Å². The van der Waals surface area contributed by atoms with E-state index in [-0.39, 0.29) is 53.4 Å². The molecule has 0 aliphatic heterocycles. The third kappa shape index (κ3) is 146. The third-order valence-electron chi connectivity index (χ3n) is 0.400. The molecule has 0 bridgehead atoms. The fraction of sp³-hybridized carbons (Fsp3) is 1.00. The van der Waals surface area contributed by atoms with Gasteiger partial charge in [0.05, 0.1) is 26.4 Å². The van der Waals surface area contributed by atoms with Crippen LogP contribution in [0.25, 0.3) is 0 Å². The van der Waals surface area contributed by atoms with E-state index >= 15 is 0 Å². The normalized spacial score (nSPS) is 6.67. The molecule has 0 aliphatic carbocycles. The molecule has 0 aromatic heterocycles. The summed E-state index contributed by atoms with van der Waals surface area (Å²) >= 11 is 14.7. The summed E-state index contributed by atoms with van der Waals surface area (Å²) < 4.78 is 0. The summed E-state index contributed by atoms with van der Waals surface area (Å²) in [6, 6.07) is 0. The standard InChI is InChI=1S/4C2H6OS.2H2S/c4*3-1-2-4;;/h4*3-4H,1-2H2;2*1H2. The van der Waals surface area contributed by atoms with E-state index in [0.717, 1.165) is 0 Å². The maximum Gasteiger partial charge on any atom is 0.0519 e. The maximum atomic E-state index is 7.80. The van der Waals surface area contributed by atoms with Gasteiger partial charge in [-0.1, -0.05) is 0 Å². The molecule has 4 N–H and O–H groups in total. The summed E-state index contributed by atoms with van der Waals surface area (Å²) in [5, 5.41) is 31.2. The van der Waals surface area contributed by atoms with Gasteiger partial charge in [0.2, 0.25) is 0 Å². The second kappa shape index (κ2) is 61.7. The Hall–Kier alpha value is 1.94. The lowest BCUT2D eigenvalue weighted by atomic mass is 10.9. The van der Waals surface area contributed by atoms with Gasteiger partial charge in [-0.15, -0.1) is 0 Å². The Morgan fingerprint density at radius 1 is 0.444 bits per heavy atom. The Kier molecular flexibility index (Phi) is 126. The SMILES string of the molecule is OCCS.OCCS.OCCS.OCCS.S.S. The van der Waals surface area contributed by atoms with Crippen LogP contribution in [0.15, 0.2) is 0 Å². The van der Waals surface area contributed by atoms with Crippen molar-refractivity contribution in [1.29, 1.82) is 0 Å². The Labute approximate surface area is 146 Å². The van der Waals surface area contributed by atoms with E-state index in [1.165, 1.54) is 0 Å². The van der Waals surface area contributed by atoms with Crippen molar-refractivity contribution in [3.8, 4) is 0 Å². The number of hydrogen-bond acceptors (Lipinski definition) is 8. The number of aliphatic hydroxyl groups is 4. The molecule has 0 aromatic rings. The first-order chi connectivity index (χ1) is 7.66. The molecule has 0 amide bonds. The minimum atomic E-state index is 0. The van der Waals surface area contributed by atoms with Gasteiger partial charge in [-0.05, 0) is 0 Å². The average Bonchev–Trinajstić information content (AvgIpc) is 2.39. The second-order valence-corrected chi connectivity index (χ2v) is 3.58. The first-order valence-corrected chi connectivity index (χ1v) is 7.06. The largest absolute Gasteiger partial charge is 0.396 e. The molecule has 4 nitrogen and oxygen atoms in total. The van der Waals surface area contributed by atoms with Gasteiger partial charge in [0.15, 0.2) is 0 Å². The van der Waals surface area contributed by atoms with Gasteiger partial charge >= 0.3 is 0 Å². The highest BCUT2D eigenvalue weighted by Crippen LogP contribution is 1.62. The molecule has 120 valence electrons. The first kappa shape index (κ1) is 36.8. The summed E-state index contributed by atoms with van der Waals surface area (Å²) in [5.74, 6) is 2.28. The van der Waals surface area contributed by atoms with Crippen molar-refractivity contribution in [3.63, 3.8) is 0 Å². The predicted octanol–water partition coefficient (Wildman–Crippen LogP) is -0.140. The molecule has 0 atom stereocenters. The first-order valence-electron chi connectivity index (χ1n) is 4.53. The highest BCUT2D eigenvalue weighted by Gasteiger charge is 1.58. The lowest BCUT2D eigenvalue weighted by Gasteiger charge is -1.69. The van der Waals surface area contributed by atoms with Crippen molar-refractivity contribution in [2.45, 2.75) is 0 Å².